The van der Waals surface area contributed by atoms with Crippen LogP contribution in [-0.4, -0.2) is 0 Å². The fourth-order valence-corrected chi connectivity index (χ4v) is 8.54. The highest BCUT2D eigenvalue weighted by atomic mass is 16.3. The number of rotatable bonds is 6. The Hall–Kier alpha value is -7.42. The summed E-state index contributed by atoms with van der Waals surface area (Å²) in [5, 5.41) is 9.40. The van der Waals surface area contributed by atoms with Gasteiger partial charge in [-0.3, -0.25) is 0 Å². The molecule has 11 rings (SSSR count). The van der Waals surface area contributed by atoms with E-state index in [0.717, 1.165) is 44.4 Å². The Morgan fingerprint density at radius 2 is 0.857 bits per heavy atom. The average molecular weight is 714 g/mol. The van der Waals surface area contributed by atoms with E-state index in [1.165, 1.54) is 60.3 Å². The highest BCUT2D eigenvalue weighted by Crippen LogP contribution is 2.44. The SMILES string of the molecule is c1ccc(-c2ccc(N(c3ccc4c(c3)oc3c5ccccc5c(-c5ccc(-c6cccc7ccccc67)cc5)cc43)c3cccc4ccccc34)cc2)cc1. The molecule has 0 saturated heterocycles. The summed E-state index contributed by atoms with van der Waals surface area (Å²) in [6.07, 6.45) is 0. The first-order valence-electron chi connectivity index (χ1n) is 19.2. The van der Waals surface area contributed by atoms with Crippen LogP contribution >= 0.6 is 0 Å². The van der Waals surface area contributed by atoms with Crippen molar-refractivity contribution in [2.24, 2.45) is 0 Å². The number of fused-ring (bicyclic) bond motifs is 7. The number of furan rings is 1. The molecule has 1 heterocycles. The summed E-state index contributed by atoms with van der Waals surface area (Å²) in [7, 11) is 0. The first kappa shape index (κ1) is 32.0. The predicted octanol–water partition coefficient (Wildman–Crippen LogP) is 15.5. The minimum absolute atomic E-state index is 0.859. The molecule has 1 aromatic heterocycles. The van der Waals surface area contributed by atoms with Gasteiger partial charge in [0.25, 0.3) is 0 Å². The molecule has 2 heteroatoms. The van der Waals surface area contributed by atoms with Gasteiger partial charge in [0.15, 0.2) is 0 Å². The Balaban J connectivity index is 1.05. The molecule has 0 fully saturated rings. The van der Waals surface area contributed by atoms with E-state index in [0.29, 0.717) is 0 Å². The molecular weight excluding hydrogens is 679 g/mol. The first-order chi connectivity index (χ1) is 27.8. The molecule has 0 aliphatic heterocycles. The van der Waals surface area contributed by atoms with E-state index in [-0.39, 0.29) is 0 Å². The third-order valence-electron chi connectivity index (χ3n) is 11.3. The fraction of sp³-hybridized carbons (Fsp3) is 0. The molecule has 262 valence electrons. The number of nitrogens with zero attached hydrogens (tertiary/aromatic N) is 1. The molecule has 0 spiro atoms. The van der Waals surface area contributed by atoms with Crippen molar-refractivity contribution in [1.29, 1.82) is 0 Å². The van der Waals surface area contributed by atoms with Crippen LogP contribution in [0.3, 0.4) is 0 Å². The van der Waals surface area contributed by atoms with E-state index in [1.807, 2.05) is 0 Å². The van der Waals surface area contributed by atoms with Crippen LogP contribution in [0.15, 0.2) is 217 Å². The van der Waals surface area contributed by atoms with Gasteiger partial charge in [0.05, 0.1) is 5.69 Å². The lowest BCUT2D eigenvalue weighted by molar-refractivity contribution is 0.673. The number of hydrogen-bond donors (Lipinski definition) is 0. The van der Waals surface area contributed by atoms with Crippen molar-refractivity contribution >= 4 is 71.3 Å². The molecule has 0 aliphatic rings. The highest BCUT2D eigenvalue weighted by molar-refractivity contribution is 6.19. The summed E-state index contributed by atoms with van der Waals surface area (Å²) in [6, 6.07) is 76.3. The third kappa shape index (κ3) is 5.34. The molecule has 0 aliphatic carbocycles. The predicted molar refractivity (Wildman–Crippen MR) is 237 cm³/mol. The van der Waals surface area contributed by atoms with Crippen molar-refractivity contribution in [3.8, 4) is 33.4 Å². The zero-order valence-electron chi connectivity index (χ0n) is 30.6. The van der Waals surface area contributed by atoms with E-state index in [1.54, 1.807) is 0 Å². The molecule has 0 atom stereocenters. The van der Waals surface area contributed by atoms with Gasteiger partial charge in [-0.1, -0.05) is 170 Å². The zero-order valence-corrected chi connectivity index (χ0v) is 30.6. The lowest BCUT2D eigenvalue weighted by Crippen LogP contribution is -2.10. The van der Waals surface area contributed by atoms with Crippen LogP contribution in [0.5, 0.6) is 0 Å². The summed E-state index contributed by atoms with van der Waals surface area (Å²) < 4.78 is 6.87. The molecule has 0 unspecified atom stereocenters. The third-order valence-corrected chi connectivity index (χ3v) is 11.3. The highest BCUT2D eigenvalue weighted by Gasteiger charge is 2.20. The lowest BCUT2D eigenvalue weighted by atomic mass is 9.93. The standard InChI is InChI=1S/C54H35NO/c1-2-12-36(13-3-1)37-28-30-42(31-29-37)55(52-23-11-17-39-15-5-7-19-46(39)52)43-32-33-48-51-35-50(47-20-8-9-21-49(47)54(51)56-53(48)34-43)41-26-24-40(25-27-41)45-22-10-16-38-14-4-6-18-44(38)45/h1-35H. The van der Waals surface area contributed by atoms with Crippen LogP contribution in [0.2, 0.25) is 0 Å². The minimum Gasteiger partial charge on any atom is -0.455 e. The van der Waals surface area contributed by atoms with Gasteiger partial charge in [-0.05, 0) is 91.3 Å². The molecule has 0 radical (unpaired) electrons. The number of anilines is 3. The van der Waals surface area contributed by atoms with Gasteiger partial charge in [0, 0.05) is 39.0 Å². The Morgan fingerprint density at radius 1 is 0.304 bits per heavy atom. The van der Waals surface area contributed by atoms with Gasteiger partial charge in [0.2, 0.25) is 0 Å². The monoisotopic (exact) mass is 713 g/mol. The van der Waals surface area contributed by atoms with E-state index in [2.05, 4.69) is 217 Å². The van der Waals surface area contributed by atoms with Crippen LogP contribution in [0, 0.1) is 0 Å². The summed E-state index contributed by atoms with van der Waals surface area (Å²) in [4.78, 5) is 2.35. The Labute approximate surface area is 325 Å². The maximum Gasteiger partial charge on any atom is 0.143 e. The van der Waals surface area contributed by atoms with Crippen LogP contribution in [0.1, 0.15) is 0 Å². The van der Waals surface area contributed by atoms with Crippen molar-refractivity contribution in [2.45, 2.75) is 0 Å². The molecule has 56 heavy (non-hydrogen) atoms. The maximum absolute atomic E-state index is 6.87. The molecule has 2 nitrogen and oxygen atoms in total. The van der Waals surface area contributed by atoms with Gasteiger partial charge in [-0.2, -0.15) is 0 Å². The lowest BCUT2D eigenvalue weighted by Gasteiger charge is -2.27. The molecule has 0 N–H and O–H groups in total. The van der Waals surface area contributed by atoms with Crippen molar-refractivity contribution in [1.82, 2.24) is 0 Å². The van der Waals surface area contributed by atoms with Crippen LogP contribution < -0.4 is 4.90 Å². The molecule has 0 bridgehead atoms. The van der Waals surface area contributed by atoms with Crippen molar-refractivity contribution in [2.75, 3.05) is 4.90 Å². The molecule has 10 aromatic carbocycles. The van der Waals surface area contributed by atoms with Crippen molar-refractivity contribution in [3.05, 3.63) is 212 Å². The molecule has 11 aromatic rings. The van der Waals surface area contributed by atoms with Gasteiger partial charge in [-0.25, -0.2) is 0 Å². The fourth-order valence-electron chi connectivity index (χ4n) is 8.54. The van der Waals surface area contributed by atoms with Gasteiger partial charge >= 0.3 is 0 Å². The Kier molecular flexibility index (Phi) is 7.53. The first-order valence-corrected chi connectivity index (χ1v) is 19.2. The topological polar surface area (TPSA) is 16.4 Å². The van der Waals surface area contributed by atoms with E-state index in [9.17, 15) is 0 Å². The van der Waals surface area contributed by atoms with Crippen molar-refractivity contribution in [3.63, 3.8) is 0 Å². The van der Waals surface area contributed by atoms with Crippen LogP contribution in [0.4, 0.5) is 17.1 Å². The van der Waals surface area contributed by atoms with E-state index >= 15 is 0 Å². The summed E-state index contributed by atoms with van der Waals surface area (Å²) in [5.41, 5.74) is 12.2. The van der Waals surface area contributed by atoms with Gasteiger partial charge in [0.1, 0.15) is 11.2 Å². The smallest absolute Gasteiger partial charge is 0.143 e. The Morgan fingerprint density at radius 3 is 1.62 bits per heavy atom. The largest absolute Gasteiger partial charge is 0.455 e. The second-order valence-electron chi connectivity index (χ2n) is 14.5. The summed E-state index contributed by atoms with van der Waals surface area (Å²) >= 11 is 0. The van der Waals surface area contributed by atoms with Crippen LogP contribution in [-0.2, 0) is 0 Å². The quantitative estimate of drug-likeness (QED) is 0.171. The molecule has 0 saturated carbocycles. The number of benzene rings is 10. The second-order valence-corrected chi connectivity index (χ2v) is 14.5. The van der Waals surface area contributed by atoms with E-state index in [4.69, 9.17) is 4.42 Å². The minimum atomic E-state index is 0.859. The molecule has 0 amide bonds. The van der Waals surface area contributed by atoms with Gasteiger partial charge < -0.3 is 9.32 Å². The Bertz CT molecular complexity index is 3220. The summed E-state index contributed by atoms with van der Waals surface area (Å²) in [6.45, 7) is 0. The molecular formula is C54H35NO. The van der Waals surface area contributed by atoms with Crippen molar-refractivity contribution < 1.29 is 4.42 Å². The number of hydrogen-bond acceptors (Lipinski definition) is 2. The van der Waals surface area contributed by atoms with Crippen LogP contribution in [0.25, 0.3) is 87.6 Å². The summed E-state index contributed by atoms with van der Waals surface area (Å²) in [5.74, 6) is 0. The zero-order chi connectivity index (χ0) is 37.0. The average Bonchev–Trinajstić information content (AvgIpc) is 3.65. The van der Waals surface area contributed by atoms with Gasteiger partial charge in [-0.15, -0.1) is 0 Å². The second kappa shape index (κ2) is 13.2. The normalized spacial score (nSPS) is 11.6. The maximum atomic E-state index is 6.87. The van der Waals surface area contributed by atoms with E-state index < -0.39 is 0 Å².